The summed E-state index contributed by atoms with van der Waals surface area (Å²) in [5.41, 5.74) is 0.812. The van der Waals surface area contributed by atoms with Crippen LogP contribution in [0.25, 0.3) is 6.08 Å². The van der Waals surface area contributed by atoms with Gasteiger partial charge < -0.3 is 5.32 Å². The first-order valence-corrected chi connectivity index (χ1v) is 6.28. The molecule has 0 aliphatic carbocycles. The van der Waals surface area contributed by atoms with E-state index in [4.69, 9.17) is 23.2 Å². The first-order chi connectivity index (χ1) is 7.99. The van der Waals surface area contributed by atoms with E-state index in [1.807, 2.05) is 0 Å². The number of rotatable bonds is 4. The van der Waals surface area contributed by atoms with Gasteiger partial charge in [-0.1, -0.05) is 51.8 Å². The van der Waals surface area contributed by atoms with Crippen LogP contribution >= 0.6 is 39.1 Å². The van der Waals surface area contributed by atoms with Crippen LogP contribution in [0, 0.1) is 0 Å². The summed E-state index contributed by atoms with van der Waals surface area (Å²) in [4.78, 5) is 11.4. The van der Waals surface area contributed by atoms with Crippen molar-refractivity contribution in [2.24, 2.45) is 0 Å². The molecule has 0 saturated carbocycles. The van der Waals surface area contributed by atoms with Crippen molar-refractivity contribution in [1.29, 1.82) is 0 Å². The Bertz CT molecular complexity index is 472. The summed E-state index contributed by atoms with van der Waals surface area (Å²) >= 11 is 14.8. The Hall–Kier alpha value is -0.770. The maximum Gasteiger partial charge on any atom is 0.244 e. The molecule has 0 aliphatic rings. The van der Waals surface area contributed by atoms with Crippen LogP contribution in [-0.2, 0) is 4.79 Å². The fourth-order valence-electron chi connectivity index (χ4n) is 1.03. The molecule has 0 saturated heterocycles. The van der Waals surface area contributed by atoms with Gasteiger partial charge >= 0.3 is 0 Å². The lowest BCUT2D eigenvalue weighted by Crippen LogP contribution is -2.21. The Morgan fingerprint density at radius 3 is 2.71 bits per heavy atom. The van der Waals surface area contributed by atoms with E-state index in [1.54, 1.807) is 24.3 Å². The molecule has 0 aromatic heterocycles. The standard InChI is InChI=1S/C12H10BrCl2NO/c1-8(13)7-16-12(17)5-3-9-2-4-10(14)11(15)6-9/h2-6H,1,7H2,(H,16,17)/b5-3+. The highest BCUT2D eigenvalue weighted by atomic mass is 79.9. The van der Waals surface area contributed by atoms with Crippen molar-refractivity contribution >= 4 is 51.1 Å². The zero-order valence-electron chi connectivity index (χ0n) is 8.84. The van der Waals surface area contributed by atoms with Crippen LogP contribution in [0.5, 0.6) is 0 Å². The van der Waals surface area contributed by atoms with E-state index in [2.05, 4.69) is 27.8 Å². The monoisotopic (exact) mass is 333 g/mol. The minimum atomic E-state index is -0.198. The maximum absolute atomic E-state index is 11.4. The van der Waals surface area contributed by atoms with E-state index in [9.17, 15) is 4.79 Å². The van der Waals surface area contributed by atoms with Crippen molar-refractivity contribution in [3.63, 3.8) is 0 Å². The van der Waals surface area contributed by atoms with Crippen molar-refractivity contribution in [2.45, 2.75) is 0 Å². The quantitative estimate of drug-likeness (QED) is 0.827. The molecule has 1 rings (SSSR count). The highest BCUT2D eigenvalue weighted by molar-refractivity contribution is 9.11. The van der Waals surface area contributed by atoms with Gasteiger partial charge in [0.1, 0.15) is 0 Å². The number of amides is 1. The Kier molecular flexibility index (Phi) is 5.75. The van der Waals surface area contributed by atoms with Crippen LogP contribution < -0.4 is 5.32 Å². The third kappa shape index (κ3) is 5.39. The number of nitrogens with one attached hydrogen (secondary N) is 1. The number of benzene rings is 1. The number of halogens is 3. The molecule has 0 atom stereocenters. The second-order valence-electron chi connectivity index (χ2n) is 3.24. The van der Waals surface area contributed by atoms with Gasteiger partial charge in [-0.3, -0.25) is 4.79 Å². The van der Waals surface area contributed by atoms with E-state index in [1.165, 1.54) is 6.08 Å². The third-order valence-corrected chi connectivity index (χ3v) is 2.84. The molecule has 0 heterocycles. The predicted molar refractivity (Wildman–Crippen MR) is 76.6 cm³/mol. The van der Waals surface area contributed by atoms with Gasteiger partial charge in [-0.15, -0.1) is 0 Å². The lowest BCUT2D eigenvalue weighted by molar-refractivity contribution is -0.116. The van der Waals surface area contributed by atoms with E-state index < -0.39 is 0 Å². The molecule has 1 aromatic carbocycles. The van der Waals surface area contributed by atoms with Crippen LogP contribution in [-0.4, -0.2) is 12.5 Å². The summed E-state index contributed by atoms with van der Waals surface area (Å²) in [5.74, 6) is -0.198. The van der Waals surface area contributed by atoms with Crippen LogP contribution in [0.1, 0.15) is 5.56 Å². The molecule has 0 fully saturated rings. The van der Waals surface area contributed by atoms with Crippen LogP contribution in [0.2, 0.25) is 10.0 Å². The zero-order valence-corrected chi connectivity index (χ0v) is 11.9. The van der Waals surface area contributed by atoms with E-state index in [-0.39, 0.29) is 5.91 Å². The summed E-state index contributed by atoms with van der Waals surface area (Å²) in [5, 5.41) is 3.60. The third-order valence-electron chi connectivity index (χ3n) is 1.83. The van der Waals surface area contributed by atoms with Gasteiger partial charge in [-0.2, -0.15) is 0 Å². The maximum atomic E-state index is 11.4. The normalized spacial score (nSPS) is 10.5. The van der Waals surface area contributed by atoms with Crippen molar-refractivity contribution in [2.75, 3.05) is 6.54 Å². The largest absolute Gasteiger partial charge is 0.348 e. The highest BCUT2D eigenvalue weighted by Crippen LogP contribution is 2.22. The van der Waals surface area contributed by atoms with Gasteiger partial charge in [0.25, 0.3) is 0 Å². The molecular weight excluding hydrogens is 325 g/mol. The number of carbonyl (C=O) groups excluding carboxylic acids is 1. The Balaban J connectivity index is 2.61. The average Bonchev–Trinajstić information content (AvgIpc) is 2.28. The van der Waals surface area contributed by atoms with Crippen molar-refractivity contribution in [3.8, 4) is 0 Å². The molecule has 0 bridgehead atoms. The summed E-state index contributed by atoms with van der Waals surface area (Å²) in [6, 6.07) is 5.15. The smallest absolute Gasteiger partial charge is 0.244 e. The zero-order chi connectivity index (χ0) is 12.8. The van der Waals surface area contributed by atoms with Gasteiger partial charge in [-0.05, 0) is 23.8 Å². The van der Waals surface area contributed by atoms with Gasteiger partial charge in [-0.25, -0.2) is 0 Å². The molecule has 1 N–H and O–H groups in total. The van der Waals surface area contributed by atoms with Crippen LogP contribution in [0.3, 0.4) is 0 Å². The van der Waals surface area contributed by atoms with E-state index in [0.717, 1.165) is 5.56 Å². The Morgan fingerprint density at radius 2 is 2.12 bits per heavy atom. The number of hydrogen-bond acceptors (Lipinski definition) is 1. The Labute approximate surface area is 118 Å². The molecular formula is C12H10BrCl2NO. The van der Waals surface area contributed by atoms with Gasteiger partial charge in [0.2, 0.25) is 5.91 Å². The lowest BCUT2D eigenvalue weighted by Gasteiger charge is -2.00. The summed E-state index contributed by atoms with van der Waals surface area (Å²) in [6.07, 6.45) is 3.09. The molecule has 90 valence electrons. The molecule has 0 spiro atoms. The summed E-state index contributed by atoms with van der Waals surface area (Å²) < 4.78 is 0.716. The molecule has 0 aliphatic heterocycles. The first kappa shape index (κ1) is 14.3. The van der Waals surface area contributed by atoms with Crippen LogP contribution in [0.4, 0.5) is 0 Å². The average molecular weight is 335 g/mol. The predicted octanol–water partition coefficient (Wildman–Crippen LogP) is 4.03. The number of hydrogen-bond donors (Lipinski definition) is 1. The molecule has 0 radical (unpaired) electrons. The molecule has 1 amide bonds. The molecule has 1 aromatic rings. The van der Waals surface area contributed by atoms with Gasteiger partial charge in [0.15, 0.2) is 0 Å². The second kappa shape index (κ2) is 6.84. The van der Waals surface area contributed by atoms with Crippen molar-refractivity contribution in [1.82, 2.24) is 5.32 Å². The highest BCUT2D eigenvalue weighted by Gasteiger charge is 1.98. The number of carbonyl (C=O) groups is 1. The van der Waals surface area contributed by atoms with Crippen molar-refractivity contribution in [3.05, 3.63) is 50.9 Å². The van der Waals surface area contributed by atoms with Crippen molar-refractivity contribution < 1.29 is 4.79 Å². The fourth-order valence-corrected chi connectivity index (χ4v) is 1.48. The second-order valence-corrected chi connectivity index (χ2v) is 5.18. The topological polar surface area (TPSA) is 29.1 Å². The van der Waals surface area contributed by atoms with Gasteiger partial charge in [0, 0.05) is 17.1 Å². The molecule has 17 heavy (non-hydrogen) atoms. The SMILES string of the molecule is C=C(Br)CNC(=O)/C=C/c1ccc(Cl)c(Cl)c1. The minimum Gasteiger partial charge on any atom is -0.348 e. The summed E-state index contributed by atoms with van der Waals surface area (Å²) in [7, 11) is 0. The van der Waals surface area contributed by atoms with E-state index >= 15 is 0 Å². The molecule has 0 unspecified atom stereocenters. The fraction of sp³-hybridized carbons (Fsp3) is 0.0833. The van der Waals surface area contributed by atoms with Gasteiger partial charge in [0.05, 0.1) is 10.0 Å². The molecule has 2 nitrogen and oxygen atoms in total. The van der Waals surface area contributed by atoms with Crippen LogP contribution in [0.15, 0.2) is 35.3 Å². The molecule has 5 heteroatoms. The Morgan fingerprint density at radius 1 is 1.41 bits per heavy atom. The summed E-state index contributed by atoms with van der Waals surface area (Å²) in [6.45, 7) is 4.01. The first-order valence-electron chi connectivity index (χ1n) is 4.73. The minimum absolute atomic E-state index is 0.198. The van der Waals surface area contributed by atoms with E-state index in [0.29, 0.717) is 21.1 Å². The lowest BCUT2D eigenvalue weighted by atomic mass is 10.2.